The van der Waals surface area contributed by atoms with Gasteiger partial charge in [0, 0.05) is 6.54 Å². The molecule has 0 aromatic heterocycles. The predicted octanol–water partition coefficient (Wildman–Crippen LogP) is 3.45. The number of aryl methyl sites for hydroxylation is 1. The van der Waals surface area contributed by atoms with Gasteiger partial charge in [0.25, 0.3) is 0 Å². The summed E-state index contributed by atoms with van der Waals surface area (Å²) in [4.78, 5) is 2.42. The molecule has 1 N–H and O–H groups in total. The van der Waals surface area contributed by atoms with Gasteiger partial charge in [0.2, 0.25) is 0 Å². The van der Waals surface area contributed by atoms with Crippen molar-refractivity contribution in [2.24, 2.45) is 5.92 Å². The smallest absolute Gasteiger partial charge is 0.0233 e. The van der Waals surface area contributed by atoms with Crippen LogP contribution in [0.1, 0.15) is 37.8 Å². The minimum absolute atomic E-state index is 0.753. The standard InChI is InChI=1S/C17H30N2/c1-15(2)13-18-11-7-8-12-19(4)14-17-10-6-5-9-16(17)3/h5-6,9-10,15,18H,7-8,11-14H2,1-4H3. The van der Waals surface area contributed by atoms with Gasteiger partial charge in [-0.15, -0.1) is 0 Å². The van der Waals surface area contributed by atoms with Gasteiger partial charge >= 0.3 is 0 Å². The van der Waals surface area contributed by atoms with Crippen molar-refractivity contribution in [2.75, 3.05) is 26.7 Å². The molecular weight excluding hydrogens is 232 g/mol. The highest BCUT2D eigenvalue weighted by atomic mass is 15.1. The Balaban J connectivity index is 2.11. The number of nitrogens with zero attached hydrogens (tertiary/aromatic N) is 1. The van der Waals surface area contributed by atoms with Gasteiger partial charge in [-0.2, -0.15) is 0 Å². The summed E-state index contributed by atoms with van der Waals surface area (Å²) >= 11 is 0. The molecule has 1 aromatic rings. The molecule has 0 aliphatic rings. The van der Waals surface area contributed by atoms with Gasteiger partial charge in [-0.1, -0.05) is 38.1 Å². The van der Waals surface area contributed by atoms with Gasteiger partial charge in [0.05, 0.1) is 0 Å². The third-order valence-corrected chi connectivity index (χ3v) is 3.40. The molecule has 19 heavy (non-hydrogen) atoms. The van der Waals surface area contributed by atoms with Crippen LogP contribution in [0.25, 0.3) is 0 Å². The number of rotatable bonds is 9. The van der Waals surface area contributed by atoms with Crippen molar-refractivity contribution < 1.29 is 0 Å². The largest absolute Gasteiger partial charge is 0.316 e. The summed E-state index contributed by atoms with van der Waals surface area (Å²) in [5.74, 6) is 0.753. The first-order valence-electron chi connectivity index (χ1n) is 7.53. The monoisotopic (exact) mass is 262 g/mol. The minimum atomic E-state index is 0.753. The number of hydrogen-bond acceptors (Lipinski definition) is 2. The molecule has 1 aromatic carbocycles. The highest BCUT2D eigenvalue weighted by Crippen LogP contribution is 2.09. The van der Waals surface area contributed by atoms with Crippen LogP contribution in [0.4, 0.5) is 0 Å². The summed E-state index contributed by atoms with van der Waals surface area (Å²) in [5, 5.41) is 3.50. The van der Waals surface area contributed by atoms with E-state index in [9.17, 15) is 0 Å². The Labute approximate surface area is 119 Å². The van der Waals surface area contributed by atoms with Crippen molar-refractivity contribution in [3.63, 3.8) is 0 Å². The summed E-state index contributed by atoms with van der Waals surface area (Å²) < 4.78 is 0. The molecule has 2 nitrogen and oxygen atoms in total. The average Bonchev–Trinajstić information content (AvgIpc) is 2.36. The minimum Gasteiger partial charge on any atom is -0.316 e. The Morgan fingerprint density at radius 3 is 2.58 bits per heavy atom. The SMILES string of the molecule is Cc1ccccc1CN(C)CCCCNCC(C)C. The summed E-state index contributed by atoms with van der Waals surface area (Å²) in [6, 6.07) is 8.67. The lowest BCUT2D eigenvalue weighted by Crippen LogP contribution is -2.23. The van der Waals surface area contributed by atoms with Crippen LogP contribution in [0.2, 0.25) is 0 Å². The number of benzene rings is 1. The van der Waals surface area contributed by atoms with Gasteiger partial charge in [-0.3, -0.25) is 0 Å². The Hall–Kier alpha value is -0.860. The first-order chi connectivity index (χ1) is 9.09. The van der Waals surface area contributed by atoms with Gasteiger partial charge in [-0.25, -0.2) is 0 Å². The molecule has 0 unspecified atom stereocenters. The van der Waals surface area contributed by atoms with Crippen molar-refractivity contribution in [3.8, 4) is 0 Å². The van der Waals surface area contributed by atoms with E-state index < -0.39 is 0 Å². The Morgan fingerprint density at radius 1 is 1.16 bits per heavy atom. The van der Waals surface area contributed by atoms with E-state index in [1.54, 1.807) is 0 Å². The van der Waals surface area contributed by atoms with Gasteiger partial charge in [0.15, 0.2) is 0 Å². The topological polar surface area (TPSA) is 15.3 Å². The second-order valence-corrected chi connectivity index (χ2v) is 5.97. The van der Waals surface area contributed by atoms with Crippen LogP contribution in [0.15, 0.2) is 24.3 Å². The highest BCUT2D eigenvalue weighted by Gasteiger charge is 2.02. The molecule has 0 heterocycles. The van der Waals surface area contributed by atoms with Crippen molar-refractivity contribution in [1.82, 2.24) is 10.2 Å². The number of nitrogens with one attached hydrogen (secondary N) is 1. The van der Waals surface area contributed by atoms with Gasteiger partial charge in [-0.05, 0) is 63.5 Å². The maximum Gasteiger partial charge on any atom is 0.0233 e. The molecule has 0 radical (unpaired) electrons. The third kappa shape index (κ3) is 7.34. The van der Waals surface area contributed by atoms with E-state index in [2.05, 4.69) is 62.3 Å². The fourth-order valence-corrected chi connectivity index (χ4v) is 2.18. The van der Waals surface area contributed by atoms with Gasteiger partial charge < -0.3 is 10.2 Å². The normalized spacial score (nSPS) is 11.5. The van der Waals surface area contributed by atoms with E-state index in [1.807, 2.05) is 0 Å². The zero-order chi connectivity index (χ0) is 14.1. The average molecular weight is 262 g/mol. The molecule has 0 atom stereocenters. The molecule has 0 bridgehead atoms. The van der Waals surface area contributed by atoms with E-state index >= 15 is 0 Å². The quantitative estimate of drug-likeness (QED) is 0.686. The molecule has 0 saturated heterocycles. The van der Waals surface area contributed by atoms with E-state index in [0.29, 0.717) is 0 Å². The first kappa shape index (κ1) is 16.2. The Bertz CT molecular complexity index is 347. The third-order valence-electron chi connectivity index (χ3n) is 3.40. The molecule has 0 aliphatic carbocycles. The lowest BCUT2D eigenvalue weighted by atomic mass is 10.1. The van der Waals surface area contributed by atoms with E-state index in [-0.39, 0.29) is 0 Å². The summed E-state index contributed by atoms with van der Waals surface area (Å²) in [6.45, 7) is 11.2. The second-order valence-electron chi connectivity index (χ2n) is 5.97. The fraction of sp³-hybridized carbons (Fsp3) is 0.647. The lowest BCUT2D eigenvalue weighted by molar-refractivity contribution is 0.316. The molecule has 108 valence electrons. The van der Waals surface area contributed by atoms with Crippen molar-refractivity contribution in [1.29, 1.82) is 0 Å². The maximum atomic E-state index is 3.50. The van der Waals surface area contributed by atoms with Gasteiger partial charge in [0.1, 0.15) is 0 Å². The van der Waals surface area contributed by atoms with Crippen LogP contribution in [0.3, 0.4) is 0 Å². The Kier molecular flexibility index (Phi) is 7.76. The molecule has 0 fully saturated rings. The molecule has 0 spiro atoms. The fourth-order valence-electron chi connectivity index (χ4n) is 2.18. The van der Waals surface area contributed by atoms with E-state index in [4.69, 9.17) is 0 Å². The zero-order valence-corrected chi connectivity index (χ0v) is 13.1. The van der Waals surface area contributed by atoms with Crippen LogP contribution < -0.4 is 5.32 Å². The number of unbranched alkanes of at least 4 members (excludes halogenated alkanes) is 1. The number of hydrogen-bond donors (Lipinski definition) is 1. The molecule has 0 saturated carbocycles. The highest BCUT2D eigenvalue weighted by molar-refractivity contribution is 5.25. The molecule has 2 heteroatoms. The summed E-state index contributed by atoms with van der Waals surface area (Å²) in [6.07, 6.45) is 2.54. The van der Waals surface area contributed by atoms with Crippen LogP contribution in [0.5, 0.6) is 0 Å². The zero-order valence-electron chi connectivity index (χ0n) is 13.1. The Morgan fingerprint density at radius 2 is 1.89 bits per heavy atom. The van der Waals surface area contributed by atoms with E-state index in [1.165, 1.54) is 30.5 Å². The van der Waals surface area contributed by atoms with Crippen molar-refractivity contribution in [3.05, 3.63) is 35.4 Å². The summed E-state index contributed by atoms with van der Waals surface area (Å²) in [5.41, 5.74) is 2.84. The molecular formula is C17H30N2. The van der Waals surface area contributed by atoms with E-state index in [0.717, 1.165) is 25.6 Å². The maximum absolute atomic E-state index is 3.50. The summed E-state index contributed by atoms with van der Waals surface area (Å²) in [7, 11) is 2.22. The molecule has 1 rings (SSSR count). The predicted molar refractivity (Wildman–Crippen MR) is 84.5 cm³/mol. The lowest BCUT2D eigenvalue weighted by Gasteiger charge is -2.18. The van der Waals surface area contributed by atoms with Crippen LogP contribution in [0, 0.1) is 12.8 Å². The van der Waals surface area contributed by atoms with Crippen LogP contribution >= 0.6 is 0 Å². The van der Waals surface area contributed by atoms with Crippen molar-refractivity contribution in [2.45, 2.75) is 40.2 Å². The van der Waals surface area contributed by atoms with Crippen LogP contribution in [-0.4, -0.2) is 31.6 Å². The van der Waals surface area contributed by atoms with Crippen molar-refractivity contribution >= 4 is 0 Å². The first-order valence-corrected chi connectivity index (χ1v) is 7.53. The molecule has 0 amide bonds. The molecule has 0 aliphatic heterocycles. The van der Waals surface area contributed by atoms with Crippen LogP contribution in [-0.2, 0) is 6.54 Å². The second kappa shape index (κ2) is 9.11.